The van der Waals surface area contributed by atoms with Gasteiger partial charge in [-0.25, -0.2) is 4.98 Å². The molecule has 7 nitrogen and oxygen atoms in total. The summed E-state index contributed by atoms with van der Waals surface area (Å²) in [5.74, 6) is 3.72. The lowest BCUT2D eigenvalue weighted by atomic mass is 10.2. The Hall–Kier alpha value is -2.78. The van der Waals surface area contributed by atoms with Gasteiger partial charge in [0.05, 0.1) is 12.0 Å². The zero-order chi connectivity index (χ0) is 19.8. The molecule has 0 bridgehead atoms. The Morgan fingerprint density at radius 1 is 1.17 bits per heavy atom. The average Bonchev–Trinajstić information content (AvgIpc) is 3.52. The number of aromatic nitrogens is 4. The van der Waals surface area contributed by atoms with Crippen molar-refractivity contribution in [3.8, 4) is 33.7 Å². The minimum absolute atomic E-state index is 0.215. The summed E-state index contributed by atoms with van der Waals surface area (Å²) in [6.07, 6.45) is 1.65. The van der Waals surface area contributed by atoms with Crippen molar-refractivity contribution in [1.82, 2.24) is 19.7 Å². The van der Waals surface area contributed by atoms with E-state index in [4.69, 9.17) is 18.9 Å². The highest BCUT2D eigenvalue weighted by atomic mass is 32.2. The Morgan fingerprint density at radius 3 is 2.90 bits per heavy atom. The van der Waals surface area contributed by atoms with Gasteiger partial charge in [0.2, 0.25) is 12.6 Å². The fourth-order valence-electron chi connectivity index (χ4n) is 3.09. The first-order valence-corrected chi connectivity index (χ1v) is 11.0. The van der Waals surface area contributed by atoms with Crippen molar-refractivity contribution in [1.29, 1.82) is 0 Å². The van der Waals surface area contributed by atoms with Gasteiger partial charge in [-0.3, -0.25) is 4.57 Å². The molecule has 0 atom stereocenters. The third-order valence-electron chi connectivity index (χ3n) is 4.44. The van der Waals surface area contributed by atoms with Crippen molar-refractivity contribution >= 4 is 23.1 Å². The van der Waals surface area contributed by atoms with E-state index < -0.39 is 0 Å². The van der Waals surface area contributed by atoms with Crippen molar-refractivity contribution in [2.45, 2.75) is 30.8 Å². The number of thioether (sulfide) groups is 1. The van der Waals surface area contributed by atoms with Crippen molar-refractivity contribution in [3.05, 3.63) is 47.7 Å². The molecule has 0 saturated carbocycles. The van der Waals surface area contributed by atoms with E-state index in [1.165, 1.54) is 0 Å². The highest BCUT2D eigenvalue weighted by Crippen LogP contribution is 2.37. The molecule has 0 spiro atoms. The average molecular weight is 427 g/mol. The van der Waals surface area contributed by atoms with Gasteiger partial charge in [0.1, 0.15) is 5.01 Å². The Bertz CT molecular complexity index is 1130. The summed E-state index contributed by atoms with van der Waals surface area (Å²) in [5, 5.41) is 12.6. The summed E-state index contributed by atoms with van der Waals surface area (Å²) >= 11 is 3.24. The van der Waals surface area contributed by atoms with Gasteiger partial charge in [0.15, 0.2) is 22.4 Å². The summed E-state index contributed by atoms with van der Waals surface area (Å²) in [7, 11) is 0. The standard InChI is InChI=1S/C20H18N4O3S2/c1-12(2)24-18(16-4-3-7-25-16)22-23-20(24)29-10-14-9-28-19(21-14)13-5-6-15-17(8-13)27-11-26-15/h3-9,12H,10-11H2,1-2H3. The second-order valence-corrected chi connectivity index (χ2v) is 8.55. The van der Waals surface area contributed by atoms with Gasteiger partial charge < -0.3 is 13.9 Å². The van der Waals surface area contributed by atoms with E-state index in [-0.39, 0.29) is 12.8 Å². The molecule has 5 rings (SSSR count). The smallest absolute Gasteiger partial charge is 0.231 e. The maximum absolute atomic E-state index is 5.51. The summed E-state index contributed by atoms with van der Waals surface area (Å²) < 4.78 is 18.4. The summed E-state index contributed by atoms with van der Waals surface area (Å²) in [6, 6.07) is 9.88. The Labute approximate surface area is 175 Å². The second-order valence-electron chi connectivity index (χ2n) is 6.75. The molecule has 0 saturated heterocycles. The third kappa shape index (κ3) is 3.51. The van der Waals surface area contributed by atoms with E-state index in [0.29, 0.717) is 5.75 Å². The topological polar surface area (TPSA) is 75.2 Å². The molecule has 0 amide bonds. The van der Waals surface area contributed by atoms with Crippen molar-refractivity contribution in [3.63, 3.8) is 0 Å². The van der Waals surface area contributed by atoms with Gasteiger partial charge in [-0.2, -0.15) is 0 Å². The summed E-state index contributed by atoms with van der Waals surface area (Å²) in [5.41, 5.74) is 2.03. The molecule has 9 heteroatoms. The molecule has 0 unspecified atom stereocenters. The van der Waals surface area contributed by atoms with Crippen LogP contribution < -0.4 is 9.47 Å². The highest BCUT2D eigenvalue weighted by Gasteiger charge is 2.19. The molecule has 0 aliphatic carbocycles. The van der Waals surface area contributed by atoms with Crippen molar-refractivity contribution < 1.29 is 13.9 Å². The second kappa shape index (κ2) is 7.57. The van der Waals surface area contributed by atoms with Crippen molar-refractivity contribution in [2.75, 3.05) is 6.79 Å². The molecule has 0 radical (unpaired) electrons. The van der Waals surface area contributed by atoms with E-state index >= 15 is 0 Å². The first kappa shape index (κ1) is 18.3. The van der Waals surface area contributed by atoms with Gasteiger partial charge in [0.25, 0.3) is 0 Å². The molecule has 3 aromatic heterocycles. The molecule has 1 aliphatic heterocycles. The molecule has 148 valence electrons. The monoisotopic (exact) mass is 426 g/mol. The number of furan rings is 1. The molecule has 1 aliphatic rings. The Morgan fingerprint density at radius 2 is 2.07 bits per heavy atom. The van der Waals surface area contributed by atoms with E-state index in [1.807, 2.05) is 30.3 Å². The molecule has 4 aromatic rings. The largest absolute Gasteiger partial charge is 0.461 e. The van der Waals surface area contributed by atoms with Crippen LogP contribution in [0.3, 0.4) is 0 Å². The SMILES string of the molecule is CC(C)n1c(SCc2csc(-c3ccc4c(c3)OCO4)n2)nnc1-c1ccco1. The zero-order valence-corrected chi connectivity index (χ0v) is 17.5. The number of thiazole rings is 1. The van der Waals surface area contributed by atoms with E-state index in [2.05, 4.69) is 34.0 Å². The number of hydrogen-bond donors (Lipinski definition) is 0. The fourth-order valence-corrected chi connectivity index (χ4v) is 4.97. The number of fused-ring (bicyclic) bond motifs is 1. The maximum atomic E-state index is 5.51. The van der Waals surface area contributed by atoms with Gasteiger partial charge in [-0.1, -0.05) is 11.8 Å². The van der Waals surface area contributed by atoms with Crippen molar-refractivity contribution in [2.24, 2.45) is 0 Å². The van der Waals surface area contributed by atoms with E-state index in [1.54, 1.807) is 29.4 Å². The zero-order valence-electron chi connectivity index (χ0n) is 15.9. The maximum Gasteiger partial charge on any atom is 0.231 e. The van der Waals surface area contributed by atoms with Gasteiger partial charge in [0, 0.05) is 22.7 Å². The summed E-state index contributed by atoms with van der Waals surface area (Å²) in [6.45, 7) is 4.50. The lowest BCUT2D eigenvalue weighted by Crippen LogP contribution is -2.04. The fraction of sp³-hybridized carbons (Fsp3) is 0.250. The van der Waals surface area contributed by atoms with Crippen LogP contribution in [0.5, 0.6) is 11.5 Å². The van der Waals surface area contributed by atoms with Crippen LogP contribution >= 0.6 is 23.1 Å². The molecule has 0 fully saturated rings. The predicted molar refractivity (Wildman–Crippen MR) is 111 cm³/mol. The van der Waals surface area contributed by atoms with Crippen LogP contribution in [0.15, 0.2) is 51.5 Å². The quantitative estimate of drug-likeness (QED) is 0.389. The van der Waals surface area contributed by atoms with Crippen LogP contribution in [0.25, 0.3) is 22.2 Å². The first-order chi connectivity index (χ1) is 14.2. The lowest BCUT2D eigenvalue weighted by Gasteiger charge is -2.12. The normalized spacial score (nSPS) is 12.8. The van der Waals surface area contributed by atoms with Crippen LogP contribution in [0, 0.1) is 0 Å². The number of rotatable bonds is 6. The third-order valence-corrected chi connectivity index (χ3v) is 6.36. The molecule has 0 N–H and O–H groups in total. The molecule has 4 heterocycles. The molecular weight excluding hydrogens is 408 g/mol. The van der Waals surface area contributed by atoms with E-state index in [9.17, 15) is 0 Å². The number of benzene rings is 1. The van der Waals surface area contributed by atoms with Gasteiger partial charge >= 0.3 is 0 Å². The van der Waals surface area contributed by atoms with Crippen LogP contribution in [0.1, 0.15) is 25.6 Å². The Kier molecular flexibility index (Phi) is 4.76. The van der Waals surface area contributed by atoms with Crippen LogP contribution in [-0.4, -0.2) is 26.5 Å². The lowest BCUT2D eigenvalue weighted by molar-refractivity contribution is 0.174. The number of hydrogen-bond acceptors (Lipinski definition) is 8. The predicted octanol–water partition coefficient (Wildman–Crippen LogP) is 5.26. The van der Waals surface area contributed by atoms with Gasteiger partial charge in [-0.05, 0) is 44.2 Å². The molecule has 1 aromatic carbocycles. The minimum atomic E-state index is 0.215. The molecule has 29 heavy (non-hydrogen) atoms. The number of nitrogens with zero attached hydrogens (tertiary/aromatic N) is 4. The van der Waals surface area contributed by atoms with Crippen LogP contribution in [0.4, 0.5) is 0 Å². The number of ether oxygens (including phenoxy) is 2. The molecular formula is C20H18N4O3S2. The first-order valence-electron chi connectivity index (χ1n) is 9.15. The van der Waals surface area contributed by atoms with Crippen LogP contribution in [-0.2, 0) is 5.75 Å². The minimum Gasteiger partial charge on any atom is -0.461 e. The highest BCUT2D eigenvalue weighted by molar-refractivity contribution is 7.98. The summed E-state index contributed by atoms with van der Waals surface area (Å²) in [4.78, 5) is 4.78. The van der Waals surface area contributed by atoms with Gasteiger partial charge in [-0.15, -0.1) is 21.5 Å². The van der Waals surface area contributed by atoms with Crippen LogP contribution in [0.2, 0.25) is 0 Å². The van der Waals surface area contributed by atoms with E-state index in [0.717, 1.165) is 44.5 Å². The Balaban J connectivity index is 1.34.